The van der Waals surface area contributed by atoms with Crippen LogP contribution in [0, 0.1) is 0 Å². The van der Waals surface area contributed by atoms with E-state index in [4.69, 9.17) is 0 Å². The molecule has 0 saturated heterocycles. The first-order chi connectivity index (χ1) is 13.3. The standard InChI is InChI=1S/C24H14INS/c25-26-21-10-3-1-6-17(21)18-13-12-15(14-22(18)26)16-8-5-9-20-19-7-2-4-11-23(19)27-24(16)20/h1-14H. The summed E-state index contributed by atoms with van der Waals surface area (Å²) in [5.74, 6) is 0. The van der Waals surface area contributed by atoms with Gasteiger partial charge in [0.15, 0.2) is 0 Å². The molecule has 0 bridgehead atoms. The van der Waals surface area contributed by atoms with Crippen molar-refractivity contribution >= 4 is 76.2 Å². The smallest absolute Gasteiger partial charge is 0.0646 e. The molecular weight excluding hydrogens is 461 g/mol. The first-order valence-electron chi connectivity index (χ1n) is 8.91. The van der Waals surface area contributed by atoms with E-state index in [9.17, 15) is 0 Å². The van der Waals surface area contributed by atoms with Crippen molar-refractivity contribution in [2.75, 3.05) is 0 Å². The Hall–Kier alpha value is -2.37. The molecule has 0 atom stereocenters. The molecule has 0 radical (unpaired) electrons. The highest BCUT2D eigenvalue weighted by molar-refractivity contribution is 14.1. The number of nitrogens with zero attached hydrogens (tertiary/aromatic N) is 1. The maximum Gasteiger partial charge on any atom is 0.0646 e. The third-order valence-corrected chi connectivity index (χ3v) is 7.59. The Labute approximate surface area is 174 Å². The number of aromatic nitrogens is 1. The summed E-state index contributed by atoms with van der Waals surface area (Å²) < 4.78 is 5.00. The summed E-state index contributed by atoms with van der Waals surface area (Å²) >= 11 is 4.31. The van der Waals surface area contributed by atoms with Crippen molar-refractivity contribution in [2.24, 2.45) is 0 Å². The molecule has 3 heteroatoms. The Bertz CT molecular complexity index is 1490. The number of halogens is 1. The van der Waals surface area contributed by atoms with E-state index in [-0.39, 0.29) is 0 Å². The van der Waals surface area contributed by atoms with Crippen molar-refractivity contribution in [1.29, 1.82) is 0 Å². The zero-order valence-corrected chi connectivity index (χ0v) is 17.3. The van der Waals surface area contributed by atoms with Gasteiger partial charge in [0.1, 0.15) is 0 Å². The molecule has 4 aromatic carbocycles. The van der Waals surface area contributed by atoms with Gasteiger partial charge in [-0.1, -0.05) is 66.7 Å². The summed E-state index contributed by atoms with van der Waals surface area (Å²) in [5.41, 5.74) is 5.13. The minimum absolute atomic E-state index is 1.27. The van der Waals surface area contributed by atoms with Gasteiger partial charge < -0.3 is 0 Å². The predicted octanol–water partition coefficient (Wildman–Crippen LogP) is 8.03. The fourth-order valence-electron chi connectivity index (χ4n) is 4.07. The fourth-order valence-corrected chi connectivity index (χ4v) is 6.12. The molecule has 2 aromatic heterocycles. The van der Waals surface area contributed by atoms with Gasteiger partial charge in [-0.05, 0) is 29.3 Å². The van der Waals surface area contributed by atoms with Crippen molar-refractivity contribution in [3.63, 3.8) is 0 Å². The molecule has 6 aromatic rings. The van der Waals surface area contributed by atoms with Gasteiger partial charge in [0.2, 0.25) is 0 Å². The van der Waals surface area contributed by atoms with Crippen LogP contribution in [0.25, 0.3) is 53.1 Å². The van der Waals surface area contributed by atoms with Crippen molar-refractivity contribution in [3.8, 4) is 11.1 Å². The highest BCUT2D eigenvalue weighted by atomic mass is 127. The third-order valence-electron chi connectivity index (χ3n) is 5.33. The summed E-state index contributed by atoms with van der Waals surface area (Å²) in [6.07, 6.45) is 0. The van der Waals surface area contributed by atoms with Crippen LogP contribution < -0.4 is 0 Å². The van der Waals surface area contributed by atoms with Gasteiger partial charge in [-0.3, -0.25) is 2.78 Å². The summed E-state index contributed by atoms with van der Waals surface area (Å²) in [4.78, 5) is 0. The van der Waals surface area contributed by atoms with E-state index >= 15 is 0 Å². The Balaban J connectivity index is 1.68. The lowest BCUT2D eigenvalue weighted by Crippen LogP contribution is -1.81. The average molecular weight is 475 g/mol. The quantitative estimate of drug-likeness (QED) is 0.212. The van der Waals surface area contributed by atoms with Gasteiger partial charge >= 0.3 is 0 Å². The molecule has 2 heterocycles. The van der Waals surface area contributed by atoms with Gasteiger partial charge in [0.25, 0.3) is 0 Å². The molecular formula is C24H14INS. The molecule has 0 amide bonds. The molecule has 1 nitrogen and oxygen atoms in total. The van der Waals surface area contributed by atoms with Crippen LogP contribution in [0.15, 0.2) is 84.9 Å². The van der Waals surface area contributed by atoms with Crippen molar-refractivity contribution in [2.45, 2.75) is 0 Å². The minimum atomic E-state index is 1.27. The van der Waals surface area contributed by atoms with Crippen molar-refractivity contribution in [1.82, 2.24) is 2.78 Å². The fraction of sp³-hybridized carbons (Fsp3) is 0. The number of rotatable bonds is 1. The topological polar surface area (TPSA) is 4.93 Å². The third kappa shape index (κ3) is 2.22. The number of hydrogen-bond donors (Lipinski definition) is 0. The second-order valence-electron chi connectivity index (χ2n) is 6.81. The van der Waals surface area contributed by atoms with Crippen LogP contribution >= 0.6 is 34.2 Å². The van der Waals surface area contributed by atoms with Crippen LogP contribution in [0.2, 0.25) is 0 Å². The summed E-state index contributed by atoms with van der Waals surface area (Å²) in [5, 5.41) is 5.33. The number of para-hydroxylation sites is 1. The van der Waals surface area contributed by atoms with Crippen LogP contribution in [0.5, 0.6) is 0 Å². The molecule has 0 N–H and O–H groups in total. The molecule has 0 aliphatic carbocycles. The van der Waals surface area contributed by atoms with E-state index in [1.165, 1.54) is 53.1 Å². The van der Waals surface area contributed by atoms with Crippen molar-refractivity contribution in [3.05, 3.63) is 84.9 Å². The monoisotopic (exact) mass is 475 g/mol. The Morgan fingerprint density at radius 3 is 2.30 bits per heavy atom. The lowest BCUT2D eigenvalue weighted by molar-refractivity contribution is 1.49. The molecule has 6 rings (SSSR count). The first-order valence-corrected chi connectivity index (χ1v) is 10.7. The average Bonchev–Trinajstić information content (AvgIpc) is 3.24. The Morgan fingerprint density at radius 2 is 1.37 bits per heavy atom. The molecule has 0 spiro atoms. The number of thiophene rings is 1. The number of benzene rings is 4. The molecule has 0 aliphatic rings. The van der Waals surface area contributed by atoms with Gasteiger partial charge in [-0.25, -0.2) is 0 Å². The van der Waals surface area contributed by atoms with E-state index in [2.05, 4.69) is 111 Å². The largest absolute Gasteiger partial charge is 0.282 e. The summed E-state index contributed by atoms with van der Waals surface area (Å²) in [6.45, 7) is 0. The normalized spacial score (nSPS) is 11.9. The van der Waals surface area contributed by atoms with Gasteiger partial charge in [0, 0.05) is 30.9 Å². The second kappa shape index (κ2) is 5.81. The summed E-state index contributed by atoms with van der Waals surface area (Å²) in [6, 6.07) is 30.9. The SMILES string of the molecule is In1c2ccccc2c2ccc(-c3cccc4c3sc3ccccc34)cc21. The second-order valence-corrected chi connectivity index (χ2v) is 8.83. The summed E-state index contributed by atoms with van der Waals surface area (Å²) in [7, 11) is 0. The molecule has 0 unspecified atom stereocenters. The van der Waals surface area contributed by atoms with Gasteiger partial charge in [0.05, 0.1) is 33.9 Å². The molecule has 0 aliphatic heterocycles. The zero-order chi connectivity index (χ0) is 18.0. The molecule has 0 saturated carbocycles. The number of hydrogen-bond acceptors (Lipinski definition) is 1. The highest BCUT2D eigenvalue weighted by Crippen LogP contribution is 2.41. The molecule has 0 fully saturated rings. The Kier molecular flexibility index (Phi) is 3.37. The maximum atomic E-state index is 2.42. The lowest BCUT2D eigenvalue weighted by Gasteiger charge is -2.05. The molecule has 27 heavy (non-hydrogen) atoms. The van der Waals surface area contributed by atoms with E-state index in [0.29, 0.717) is 0 Å². The lowest BCUT2D eigenvalue weighted by atomic mass is 10.0. The van der Waals surface area contributed by atoms with E-state index < -0.39 is 0 Å². The highest BCUT2D eigenvalue weighted by Gasteiger charge is 2.13. The first kappa shape index (κ1) is 15.7. The van der Waals surface area contributed by atoms with Crippen LogP contribution in [0.3, 0.4) is 0 Å². The van der Waals surface area contributed by atoms with Crippen LogP contribution in [-0.4, -0.2) is 2.78 Å². The Morgan fingerprint density at radius 1 is 0.630 bits per heavy atom. The van der Waals surface area contributed by atoms with E-state index in [1.54, 1.807) is 0 Å². The van der Waals surface area contributed by atoms with Gasteiger partial charge in [-0.15, -0.1) is 11.3 Å². The van der Waals surface area contributed by atoms with E-state index in [0.717, 1.165) is 0 Å². The maximum absolute atomic E-state index is 2.42. The van der Waals surface area contributed by atoms with Crippen molar-refractivity contribution < 1.29 is 0 Å². The van der Waals surface area contributed by atoms with Crippen LogP contribution in [0.4, 0.5) is 0 Å². The van der Waals surface area contributed by atoms with Crippen LogP contribution in [0.1, 0.15) is 0 Å². The minimum Gasteiger partial charge on any atom is -0.282 e. The van der Waals surface area contributed by atoms with Crippen LogP contribution in [-0.2, 0) is 0 Å². The predicted molar refractivity (Wildman–Crippen MR) is 127 cm³/mol. The van der Waals surface area contributed by atoms with Gasteiger partial charge in [-0.2, -0.15) is 0 Å². The van der Waals surface area contributed by atoms with E-state index in [1.807, 2.05) is 11.3 Å². The zero-order valence-electron chi connectivity index (χ0n) is 14.3. The number of fused-ring (bicyclic) bond motifs is 6. The molecule has 128 valence electrons.